The van der Waals surface area contributed by atoms with Gasteiger partial charge in [0.25, 0.3) is 0 Å². The second-order valence-corrected chi connectivity index (χ2v) is 8.82. The van der Waals surface area contributed by atoms with Gasteiger partial charge in [0.1, 0.15) is 17.2 Å². The van der Waals surface area contributed by atoms with Gasteiger partial charge in [0.15, 0.2) is 0 Å². The third-order valence-corrected chi connectivity index (χ3v) is 7.06. The highest BCUT2D eigenvalue weighted by molar-refractivity contribution is 5.92. The predicted octanol–water partition coefficient (Wildman–Crippen LogP) is 5.66. The van der Waals surface area contributed by atoms with Gasteiger partial charge in [-0.1, -0.05) is 72.8 Å². The molecule has 1 aliphatic carbocycles. The molecule has 0 unspecified atom stereocenters. The first-order valence-electron chi connectivity index (χ1n) is 11.7. The van der Waals surface area contributed by atoms with Crippen LogP contribution in [0.1, 0.15) is 23.0 Å². The number of carboxylic acid groups (broad SMARTS) is 1. The van der Waals surface area contributed by atoms with Crippen molar-refractivity contribution >= 4 is 22.7 Å². The second kappa shape index (κ2) is 9.74. The lowest BCUT2D eigenvalue weighted by molar-refractivity contribution is -0.158. The van der Waals surface area contributed by atoms with Crippen LogP contribution < -0.4 is 14.2 Å². The Morgan fingerprint density at radius 2 is 1.14 bits per heavy atom. The molecule has 6 heteroatoms. The number of ether oxygens (including phenoxy) is 3. The summed E-state index contributed by atoms with van der Waals surface area (Å²) in [5, 5.41) is 12.1. The van der Waals surface area contributed by atoms with Crippen molar-refractivity contribution in [2.24, 2.45) is 11.8 Å². The molecule has 182 valence electrons. The van der Waals surface area contributed by atoms with Gasteiger partial charge in [0, 0.05) is 17.2 Å². The van der Waals surface area contributed by atoms with Gasteiger partial charge in [-0.05, 0) is 34.7 Å². The van der Waals surface area contributed by atoms with Crippen LogP contribution in [0.2, 0.25) is 0 Å². The highest BCUT2D eigenvalue weighted by atomic mass is 16.5. The van der Waals surface area contributed by atoms with Crippen LogP contribution in [0.15, 0.2) is 91.0 Å². The SMILES string of the molecule is COc1ccccc1[C@@H]1C(C(=O)O)[C@@H](c2ccccc2OC)C1C(=O)Oc1cccc2ccccc12. The lowest BCUT2D eigenvalue weighted by atomic mass is 9.52. The number of carbonyl (C=O) groups excluding carboxylic acids is 1. The van der Waals surface area contributed by atoms with Gasteiger partial charge < -0.3 is 19.3 Å². The van der Waals surface area contributed by atoms with E-state index in [0.29, 0.717) is 28.4 Å². The number of esters is 1. The van der Waals surface area contributed by atoms with Gasteiger partial charge in [-0.15, -0.1) is 0 Å². The van der Waals surface area contributed by atoms with Crippen LogP contribution in [0.3, 0.4) is 0 Å². The molecular formula is C30H26O6. The van der Waals surface area contributed by atoms with Crippen molar-refractivity contribution in [3.8, 4) is 17.2 Å². The van der Waals surface area contributed by atoms with Gasteiger partial charge in [-0.2, -0.15) is 0 Å². The molecule has 6 nitrogen and oxygen atoms in total. The number of hydrogen-bond donors (Lipinski definition) is 1. The molecule has 0 heterocycles. The molecule has 0 saturated heterocycles. The fourth-order valence-corrected chi connectivity index (χ4v) is 5.47. The Hall–Kier alpha value is -4.32. The molecule has 36 heavy (non-hydrogen) atoms. The van der Waals surface area contributed by atoms with Crippen LogP contribution in [0.5, 0.6) is 17.2 Å². The summed E-state index contributed by atoms with van der Waals surface area (Å²) in [4.78, 5) is 26.5. The Labute approximate surface area is 209 Å². The Bertz CT molecular complexity index is 1370. The van der Waals surface area contributed by atoms with Gasteiger partial charge in [0.05, 0.1) is 26.1 Å². The molecule has 4 aromatic rings. The molecule has 0 spiro atoms. The molecule has 1 saturated carbocycles. The molecule has 5 rings (SSSR count). The molecule has 0 radical (unpaired) electrons. The molecular weight excluding hydrogens is 456 g/mol. The summed E-state index contributed by atoms with van der Waals surface area (Å²) in [6.45, 7) is 0. The summed E-state index contributed by atoms with van der Waals surface area (Å²) < 4.78 is 17.1. The van der Waals surface area contributed by atoms with Crippen LogP contribution in [-0.2, 0) is 9.59 Å². The molecule has 1 N–H and O–H groups in total. The van der Waals surface area contributed by atoms with Crippen LogP contribution in [0.25, 0.3) is 10.8 Å². The molecule has 0 amide bonds. The number of methoxy groups -OCH3 is 2. The minimum atomic E-state index is -0.990. The van der Waals surface area contributed by atoms with E-state index in [1.54, 1.807) is 18.2 Å². The zero-order valence-electron chi connectivity index (χ0n) is 20.0. The third-order valence-electron chi connectivity index (χ3n) is 7.06. The normalized spacial score (nSPS) is 20.8. The lowest BCUT2D eigenvalue weighted by Gasteiger charge is -2.49. The number of rotatable bonds is 7. The number of carbonyl (C=O) groups is 2. The zero-order chi connectivity index (χ0) is 25.2. The van der Waals surface area contributed by atoms with Gasteiger partial charge in [-0.3, -0.25) is 9.59 Å². The summed E-state index contributed by atoms with van der Waals surface area (Å²) in [5.41, 5.74) is 1.33. The van der Waals surface area contributed by atoms with E-state index in [1.165, 1.54) is 14.2 Å². The summed E-state index contributed by atoms with van der Waals surface area (Å²) in [5.74, 6) is -2.89. The minimum Gasteiger partial charge on any atom is -0.496 e. The van der Waals surface area contributed by atoms with Crippen molar-refractivity contribution in [3.63, 3.8) is 0 Å². The number of fused-ring (bicyclic) bond motifs is 1. The monoisotopic (exact) mass is 482 g/mol. The summed E-state index contributed by atoms with van der Waals surface area (Å²) in [7, 11) is 3.07. The predicted molar refractivity (Wildman–Crippen MR) is 136 cm³/mol. The van der Waals surface area contributed by atoms with E-state index in [1.807, 2.05) is 72.8 Å². The first-order chi connectivity index (χ1) is 17.5. The molecule has 0 bridgehead atoms. The van der Waals surface area contributed by atoms with E-state index < -0.39 is 35.6 Å². The summed E-state index contributed by atoms with van der Waals surface area (Å²) in [6, 6.07) is 27.7. The largest absolute Gasteiger partial charge is 0.496 e. The first kappa shape index (κ1) is 23.4. The standard InChI is InChI=1S/C30H26O6/c1-34-22-15-7-5-13-20(22)25-27(29(31)32)26(21-14-6-8-16-23(21)35-2)28(25)30(33)36-24-17-9-11-18-10-3-4-12-19(18)24/h3-17,25-28H,1-2H3,(H,31,32)/t25-,26-,27?,28?/m1/s1. The van der Waals surface area contributed by atoms with Crippen LogP contribution in [0, 0.1) is 11.8 Å². The summed E-state index contributed by atoms with van der Waals surface area (Å²) >= 11 is 0. The van der Waals surface area contributed by atoms with Gasteiger partial charge >= 0.3 is 11.9 Å². The van der Waals surface area contributed by atoms with Crippen molar-refractivity contribution in [2.75, 3.05) is 14.2 Å². The van der Waals surface area contributed by atoms with Crippen molar-refractivity contribution in [1.82, 2.24) is 0 Å². The number of benzene rings is 4. The Morgan fingerprint density at radius 3 is 1.72 bits per heavy atom. The number of aliphatic carboxylic acids is 1. The van der Waals surface area contributed by atoms with E-state index in [2.05, 4.69) is 0 Å². The smallest absolute Gasteiger partial charge is 0.315 e. The topological polar surface area (TPSA) is 82.1 Å². The zero-order valence-corrected chi connectivity index (χ0v) is 20.0. The van der Waals surface area contributed by atoms with E-state index in [9.17, 15) is 14.7 Å². The molecule has 1 aliphatic rings. The third kappa shape index (κ3) is 3.94. The van der Waals surface area contributed by atoms with Crippen LogP contribution in [0.4, 0.5) is 0 Å². The molecule has 4 aromatic carbocycles. The summed E-state index contributed by atoms with van der Waals surface area (Å²) in [6.07, 6.45) is 0. The quantitative estimate of drug-likeness (QED) is 0.270. The molecule has 0 aliphatic heterocycles. The van der Waals surface area contributed by atoms with Crippen LogP contribution >= 0.6 is 0 Å². The van der Waals surface area contributed by atoms with Crippen molar-refractivity contribution in [3.05, 3.63) is 102 Å². The number of hydrogen-bond acceptors (Lipinski definition) is 5. The van der Waals surface area contributed by atoms with Crippen molar-refractivity contribution in [1.29, 1.82) is 0 Å². The van der Waals surface area contributed by atoms with Gasteiger partial charge in [-0.25, -0.2) is 0 Å². The fraction of sp³-hybridized carbons (Fsp3) is 0.200. The maximum Gasteiger partial charge on any atom is 0.315 e. The average molecular weight is 483 g/mol. The maximum absolute atomic E-state index is 13.9. The molecule has 1 fully saturated rings. The minimum absolute atomic E-state index is 0.439. The lowest BCUT2D eigenvalue weighted by Crippen LogP contribution is -2.52. The Kier molecular flexibility index (Phi) is 6.34. The fourth-order valence-electron chi connectivity index (χ4n) is 5.47. The maximum atomic E-state index is 13.9. The van der Waals surface area contributed by atoms with E-state index >= 15 is 0 Å². The second-order valence-electron chi connectivity index (χ2n) is 8.82. The highest BCUT2D eigenvalue weighted by Gasteiger charge is 2.60. The first-order valence-corrected chi connectivity index (χ1v) is 11.7. The van der Waals surface area contributed by atoms with Crippen molar-refractivity contribution in [2.45, 2.75) is 11.8 Å². The molecule has 2 atom stereocenters. The van der Waals surface area contributed by atoms with Crippen LogP contribution in [-0.4, -0.2) is 31.3 Å². The Balaban J connectivity index is 1.62. The molecule has 0 aromatic heterocycles. The van der Waals surface area contributed by atoms with Crippen molar-refractivity contribution < 1.29 is 28.9 Å². The van der Waals surface area contributed by atoms with Gasteiger partial charge in [0.2, 0.25) is 0 Å². The van der Waals surface area contributed by atoms with E-state index in [-0.39, 0.29) is 0 Å². The Morgan fingerprint density at radius 1 is 0.639 bits per heavy atom. The van der Waals surface area contributed by atoms with E-state index in [4.69, 9.17) is 14.2 Å². The number of para-hydroxylation sites is 2. The number of carboxylic acids is 1. The average Bonchev–Trinajstić information content (AvgIpc) is 2.88. The highest BCUT2D eigenvalue weighted by Crippen LogP contribution is 2.60. The van der Waals surface area contributed by atoms with E-state index in [0.717, 1.165) is 10.8 Å².